The molecule has 1 aliphatic carbocycles. The van der Waals surface area contributed by atoms with Crippen molar-refractivity contribution >= 4 is 5.91 Å². The van der Waals surface area contributed by atoms with Gasteiger partial charge in [-0.2, -0.15) is 0 Å². The lowest BCUT2D eigenvalue weighted by Crippen LogP contribution is -2.58. The van der Waals surface area contributed by atoms with Gasteiger partial charge in [-0.25, -0.2) is 0 Å². The Balaban J connectivity index is 2.18. The summed E-state index contributed by atoms with van der Waals surface area (Å²) in [4.78, 5) is 12.9. The quantitative estimate of drug-likeness (QED) is 0.357. The Kier molecular flexibility index (Phi) is 1.10. The molecule has 2 aliphatic rings. The van der Waals surface area contributed by atoms with Crippen molar-refractivity contribution in [3.8, 4) is 0 Å². The lowest BCUT2D eigenvalue weighted by molar-refractivity contribution is -0.151. The summed E-state index contributed by atoms with van der Waals surface area (Å²) < 4.78 is 0. The van der Waals surface area contributed by atoms with Gasteiger partial charge in [0.1, 0.15) is 0 Å². The number of hydrogen-bond acceptors (Lipinski definition) is 1. The summed E-state index contributed by atoms with van der Waals surface area (Å²) in [7, 11) is 1.87. The zero-order valence-corrected chi connectivity index (χ0v) is 6.08. The number of allylic oxidation sites excluding steroid dienone is 1. The molecule has 0 spiro atoms. The molecule has 2 atom stereocenters. The number of carbonyl (C=O) groups is 1. The summed E-state index contributed by atoms with van der Waals surface area (Å²) in [5, 5.41) is 0. The van der Waals surface area contributed by atoms with Crippen LogP contribution in [0.25, 0.3) is 0 Å². The Morgan fingerprint density at radius 2 is 2.50 bits per heavy atom. The molecule has 0 aromatic carbocycles. The van der Waals surface area contributed by atoms with Crippen LogP contribution < -0.4 is 0 Å². The molecule has 0 saturated carbocycles. The molecule has 0 N–H and O–H groups in total. The molecular weight excluding hydrogens is 126 g/mol. The lowest BCUT2D eigenvalue weighted by atomic mass is 9.81. The maximum atomic E-state index is 11.1. The van der Waals surface area contributed by atoms with Crippen LogP contribution in [0.2, 0.25) is 0 Å². The van der Waals surface area contributed by atoms with Gasteiger partial charge in [0.05, 0.1) is 12.0 Å². The highest BCUT2D eigenvalue weighted by molar-refractivity contribution is 5.86. The highest BCUT2D eigenvalue weighted by Gasteiger charge is 2.43. The van der Waals surface area contributed by atoms with Crippen LogP contribution in [0, 0.1) is 5.92 Å². The molecule has 0 bridgehead atoms. The van der Waals surface area contributed by atoms with E-state index in [1.807, 2.05) is 11.9 Å². The summed E-state index contributed by atoms with van der Waals surface area (Å²) in [5.41, 5.74) is 0. The van der Waals surface area contributed by atoms with Gasteiger partial charge < -0.3 is 4.90 Å². The molecular formula is C8H11NO. The van der Waals surface area contributed by atoms with Gasteiger partial charge in [0.15, 0.2) is 0 Å². The highest BCUT2D eigenvalue weighted by atomic mass is 16.2. The van der Waals surface area contributed by atoms with Crippen LogP contribution in [0.5, 0.6) is 0 Å². The third-order valence-corrected chi connectivity index (χ3v) is 2.50. The number of likely N-dealkylation sites (N-methyl/N-ethyl adjacent to an activating group) is 1. The van der Waals surface area contributed by atoms with Crippen molar-refractivity contribution in [1.29, 1.82) is 0 Å². The van der Waals surface area contributed by atoms with Crippen LogP contribution in [0.3, 0.4) is 0 Å². The maximum absolute atomic E-state index is 11.1. The van der Waals surface area contributed by atoms with E-state index in [1.54, 1.807) is 0 Å². The van der Waals surface area contributed by atoms with Gasteiger partial charge in [-0.15, -0.1) is 0 Å². The van der Waals surface area contributed by atoms with E-state index < -0.39 is 0 Å². The van der Waals surface area contributed by atoms with Crippen LogP contribution in [-0.2, 0) is 4.79 Å². The van der Waals surface area contributed by atoms with Crippen LogP contribution >= 0.6 is 0 Å². The van der Waals surface area contributed by atoms with E-state index in [0.29, 0.717) is 17.9 Å². The van der Waals surface area contributed by atoms with Crippen molar-refractivity contribution in [2.24, 2.45) is 5.92 Å². The Morgan fingerprint density at radius 3 is 3.20 bits per heavy atom. The number of carbonyl (C=O) groups excluding carboxylic acids is 1. The van der Waals surface area contributed by atoms with Crippen molar-refractivity contribution in [2.45, 2.75) is 18.9 Å². The fraction of sp³-hybridized carbons (Fsp3) is 0.625. The van der Waals surface area contributed by atoms with E-state index in [4.69, 9.17) is 0 Å². The number of β-lactam (4-membered cyclic amide) rings is 1. The van der Waals surface area contributed by atoms with Gasteiger partial charge in [-0.05, 0) is 12.8 Å². The van der Waals surface area contributed by atoms with E-state index in [-0.39, 0.29) is 0 Å². The fourth-order valence-electron chi connectivity index (χ4n) is 1.81. The molecule has 2 rings (SSSR count). The number of fused-ring (bicyclic) bond motifs is 1. The number of nitrogens with zero attached hydrogens (tertiary/aromatic N) is 1. The summed E-state index contributed by atoms with van der Waals surface area (Å²) in [6, 6.07) is 0.432. The predicted molar refractivity (Wildman–Crippen MR) is 38.4 cm³/mol. The summed E-state index contributed by atoms with van der Waals surface area (Å²) in [6.07, 6.45) is 6.46. The Bertz CT molecular complexity index is 197. The topological polar surface area (TPSA) is 20.3 Å². The molecule has 54 valence electrons. The van der Waals surface area contributed by atoms with Gasteiger partial charge in [0, 0.05) is 7.05 Å². The standard InChI is InChI=1S/C8H11NO/c1-9-7-5-3-2-4-6(7)8(9)10/h3,5-7H,2,4H2,1H3. The molecule has 1 saturated heterocycles. The van der Waals surface area contributed by atoms with E-state index >= 15 is 0 Å². The zero-order valence-electron chi connectivity index (χ0n) is 6.08. The maximum Gasteiger partial charge on any atom is 0.228 e. The second-order valence-electron chi connectivity index (χ2n) is 3.05. The predicted octanol–water partition coefficient (Wildman–Crippen LogP) is 0.793. The highest BCUT2D eigenvalue weighted by Crippen LogP contribution is 2.32. The third kappa shape index (κ3) is 0.564. The molecule has 0 aromatic rings. The van der Waals surface area contributed by atoms with Crippen LogP contribution in [-0.4, -0.2) is 23.9 Å². The number of amides is 1. The molecule has 1 amide bonds. The molecule has 1 fully saturated rings. The molecule has 1 aliphatic heterocycles. The summed E-state index contributed by atoms with van der Waals surface area (Å²) in [6.45, 7) is 0. The van der Waals surface area contributed by atoms with Crippen LogP contribution in [0.15, 0.2) is 12.2 Å². The fourth-order valence-corrected chi connectivity index (χ4v) is 1.81. The minimum atomic E-state index is 0.328. The van der Waals surface area contributed by atoms with E-state index in [2.05, 4.69) is 12.2 Å². The molecule has 2 unspecified atom stereocenters. The van der Waals surface area contributed by atoms with Gasteiger partial charge in [-0.3, -0.25) is 4.79 Å². The monoisotopic (exact) mass is 137 g/mol. The van der Waals surface area contributed by atoms with Crippen LogP contribution in [0.4, 0.5) is 0 Å². The second-order valence-corrected chi connectivity index (χ2v) is 3.05. The largest absolute Gasteiger partial charge is 0.338 e. The molecule has 10 heavy (non-hydrogen) atoms. The average Bonchev–Trinajstić information content (AvgIpc) is 2.03. The van der Waals surface area contributed by atoms with Crippen molar-refractivity contribution in [1.82, 2.24) is 4.90 Å². The molecule has 0 aromatic heterocycles. The summed E-state index contributed by atoms with van der Waals surface area (Å²) >= 11 is 0. The van der Waals surface area contributed by atoms with Crippen molar-refractivity contribution in [3.05, 3.63) is 12.2 Å². The smallest absolute Gasteiger partial charge is 0.228 e. The zero-order chi connectivity index (χ0) is 7.14. The first-order valence-corrected chi connectivity index (χ1v) is 3.74. The van der Waals surface area contributed by atoms with Crippen molar-refractivity contribution in [3.63, 3.8) is 0 Å². The third-order valence-electron chi connectivity index (χ3n) is 2.50. The Hall–Kier alpha value is -0.790. The number of hydrogen-bond donors (Lipinski definition) is 0. The normalized spacial score (nSPS) is 37.3. The van der Waals surface area contributed by atoms with Crippen LogP contribution in [0.1, 0.15) is 12.8 Å². The van der Waals surface area contributed by atoms with Gasteiger partial charge in [-0.1, -0.05) is 12.2 Å². The first kappa shape index (κ1) is 5.96. The summed E-state index contributed by atoms with van der Waals surface area (Å²) in [5.74, 6) is 0.657. The minimum absolute atomic E-state index is 0.328. The lowest BCUT2D eigenvalue weighted by Gasteiger charge is -2.45. The molecule has 0 radical (unpaired) electrons. The van der Waals surface area contributed by atoms with Crippen molar-refractivity contribution in [2.75, 3.05) is 7.05 Å². The Labute approximate surface area is 60.5 Å². The van der Waals surface area contributed by atoms with Gasteiger partial charge >= 0.3 is 0 Å². The first-order chi connectivity index (χ1) is 4.80. The van der Waals surface area contributed by atoms with E-state index in [9.17, 15) is 4.79 Å². The second kappa shape index (κ2) is 1.84. The van der Waals surface area contributed by atoms with Crippen molar-refractivity contribution < 1.29 is 4.79 Å². The van der Waals surface area contributed by atoms with E-state index in [1.165, 1.54) is 0 Å². The molecule has 2 heteroatoms. The average molecular weight is 137 g/mol. The minimum Gasteiger partial charge on any atom is -0.338 e. The van der Waals surface area contributed by atoms with Gasteiger partial charge in [0.25, 0.3) is 0 Å². The molecule has 1 heterocycles. The first-order valence-electron chi connectivity index (χ1n) is 3.74. The number of rotatable bonds is 0. The SMILES string of the molecule is CN1C(=O)C2CCC=CC21. The number of likely N-dealkylation sites (tertiary alicyclic amines) is 1. The van der Waals surface area contributed by atoms with Gasteiger partial charge in [0.2, 0.25) is 5.91 Å². The Morgan fingerprint density at radius 1 is 1.70 bits per heavy atom. The molecule has 2 nitrogen and oxygen atoms in total. The van der Waals surface area contributed by atoms with E-state index in [0.717, 1.165) is 12.8 Å².